The summed E-state index contributed by atoms with van der Waals surface area (Å²) in [5, 5.41) is 19.4. The van der Waals surface area contributed by atoms with Gasteiger partial charge in [-0.3, -0.25) is 9.36 Å². The van der Waals surface area contributed by atoms with Gasteiger partial charge in [0.25, 0.3) is 5.91 Å². The lowest BCUT2D eigenvalue weighted by Gasteiger charge is -2.07. The Morgan fingerprint density at radius 2 is 1.79 bits per heavy atom. The van der Waals surface area contributed by atoms with E-state index in [2.05, 4.69) is 30.7 Å². The molecule has 0 aliphatic heterocycles. The third-order valence-corrected chi connectivity index (χ3v) is 4.74. The molecule has 33 heavy (non-hydrogen) atoms. The average molecular weight is 438 g/mol. The number of hydrogen-bond acceptors (Lipinski definition) is 7. The van der Waals surface area contributed by atoms with Crippen LogP contribution in [-0.2, 0) is 0 Å². The molecule has 1 N–H and O–H groups in total. The molecular formula is C23H18N8O2. The SMILES string of the molecule is Cc1nccn1-c1ccc(Oc2ccc(NC(=O)c3cnn(-c4ccccc4)n3)cc2)nn1. The predicted octanol–water partition coefficient (Wildman–Crippen LogP) is 3.60. The molecule has 0 spiro atoms. The maximum absolute atomic E-state index is 12.5. The summed E-state index contributed by atoms with van der Waals surface area (Å²) in [6.07, 6.45) is 4.94. The predicted molar refractivity (Wildman–Crippen MR) is 120 cm³/mol. The average Bonchev–Trinajstić information content (AvgIpc) is 3.51. The van der Waals surface area contributed by atoms with Crippen molar-refractivity contribution in [3.05, 3.63) is 96.8 Å². The molecule has 0 aliphatic rings. The van der Waals surface area contributed by atoms with Gasteiger partial charge in [0.05, 0.1) is 11.9 Å². The van der Waals surface area contributed by atoms with Crippen molar-refractivity contribution in [3.63, 3.8) is 0 Å². The summed E-state index contributed by atoms with van der Waals surface area (Å²) < 4.78 is 7.57. The van der Waals surface area contributed by atoms with E-state index in [9.17, 15) is 4.79 Å². The molecular weight excluding hydrogens is 420 g/mol. The summed E-state index contributed by atoms with van der Waals surface area (Å²) in [5.74, 6) is 2.02. The van der Waals surface area contributed by atoms with Crippen molar-refractivity contribution in [2.45, 2.75) is 6.92 Å². The molecule has 5 rings (SSSR count). The minimum absolute atomic E-state index is 0.211. The first-order valence-electron chi connectivity index (χ1n) is 10.1. The number of hydrogen-bond donors (Lipinski definition) is 1. The summed E-state index contributed by atoms with van der Waals surface area (Å²) in [6.45, 7) is 1.89. The number of carbonyl (C=O) groups excluding carboxylic acids is 1. The normalized spacial score (nSPS) is 10.7. The van der Waals surface area contributed by atoms with Crippen LogP contribution in [0.5, 0.6) is 11.6 Å². The molecule has 10 nitrogen and oxygen atoms in total. The van der Waals surface area contributed by atoms with E-state index in [0.29, 0.717) is 23.1 Å². The van der Waals surface area contributed by atoms with Gasteiger partial charge in [-0.25, -0.2) is 4.98 Å². The van der Waals surface area contributed by atoms with Gasteiger partial charge in [-0.2, -0.15) is 9.90 Å². The number of benzene rings is 2. The Morgan fingerprint density at radius 1 is 0.970 bits per heavy atom. The Morgan fingerprint density at radius 3 is 2.48 bits per heavy atom. The van der Waals surface area contributed by atoms with Gasteiger partial charge in [0.15, 0.2) is 11.5 Å². The summed E-state index contributed by atoms with van der Waals surface area (Å²) in [7, 11) is 0. The monoisotopic (exact) mass is 438 g/mol. The highest BCUT2D eigenvalue weighted by Crippen LogP contribution is 2.22. The van der Waals surface area contributed by atoms with E-state index in [0.717, 1.165) is 11.5 Å². The molecule has 0 saturated carbocycles. The lowest BCUT2D eigenvalue weighted by Crippen LogP contribution is -2.13. The van der Waals surface area contributed by atoms with Crippen molar-refractivity contribution in [1.82, 2.24) is 34.7 Å². The molecule has 0 atom stereocenters. The summed E-state index contributed by atoms with van der Waals surface area (Å²) in [5.41, 5.74) is 1.58. The third kappa shape index (κ3) is 4.44. The molecule has 3 heterocycles. The van der Waals surface area contributed by atoms with Crippen LogP contribution in [-0.4, -0.2) is 40.6 Å². The van der Waals surface area contributed by atoms with E-state index < -0.39 is 0 Å². The zero-order chi connectivity index (χ0) is 22.6. The Hall–Kier alpha value is -4.86. The van der Waals surface area contributed by atoms with E-state index in [1.165, 1.54) is 11.0 Å². The van der Waals surface area contributed by atoms with Crippen molar-refractivity contribution < 1.29 is 9.53 Å². The van der Waals surface area contributed by atoms with Crippen molar-refractivity contribution in [2.24, 2.45) is 0 Å². The zero-order valence-corrected chi connectivity index (χ0v) is 17.5. The molecule has 162 valence electrons. The van der Waals surface area contributed by atoms with Crippen LogP contribution in [0.1, 0.15) is 16.3 Å². The largest absolute Gasteiger partial charge is 0.438 e. The smallest absolute Gasteiger partial charge is 0.277 e. The number of carbonyl (C=O) groups is 1. The van der Waals surface area contributed by atoms with E-state index in [4.69, 9.17) is 4.74 Å². The van der Waals surface area contributed by atoms with Crippen LogP contribution in [0.3, 0.4) is 0 Å². The molecule has 0 saturated heterocycles. The first kappa shape index (κ1) is 20.1. The molecule has 0 fully saturated rings. The second-order valence-electron chi connectivity index (χ2n) is 7.01. The van der Waals surface area contributed by atoms with E-state index in [1.54, 1.807) is 42.6 Å². The summed E-state index contributed by atoms with van der Waals surface area (Å²) in [4.78, 5) is 18.1. The Bertz CT molecular complexity index is 1380. The fraction of sp³-hybridized carbons (Fsp3) is 0.0435. The fourth-order valence-electron chi connectivity index (χ4n) is 3.09. The topological polar surface area (TPSA) is 113 Å². The van der Waals surface area contributed by atoms with Crippen LogP contribution >= 0.6 is 0 Å². The second kappa shape index (κ2) is 8.71. The van der Waals surface area contributed by atoms with Crippen LogP contribution in [0.2, 0.25) is 0 Å². The maximum Gasteiger partial charge on any atom is 0.277 e. The molecule has 1 amide bonds. The van der Waals surface area contributed by atoms with E-state index >= 15 is 0 Å². The van der Waals surface area contributed by atoms with Gasteiger partial charge in [-0.15, -0.1) is 15.3 Å². The minimum atomic E-state index is -0.359. The van der Waals surface area contributed by atoms with Crippen LogP contribution in [0.25, 0.3) is 11.5 Å². The molecule has 0 radical (unpaired) electrons. The molecule has 10 heteroatoms. The van der Waals surface area contributed by atoms with Crippen LogP contribution in [0.15, 0.2) is 85.3 Å². The van der Waals surface area contributed by atoms with Crippen LogP contribution in [0, 0.1) is 6.92 Å². The standard InChI is InChI=1S/C23H18N8O2/c1-16-24-13-14-30(16)21-11-12-22(28-27-21)33-19-9-7-17(8-10-19)26-23(32)20-15-25-31(29-20)18-5-3-2-4-6-18/h2-15H,1H3,(H,26,32). The van der Waals surface area contributed by atoms with Crippen molar-refractivity contribution in [3.8, 4) is 23.1 Å². The summed E-state index contributed by atoms with van der Waals surface area (Å²) in [6, 6.07) is 19.8. The molecule has 2 aromatic carbocycles. The van der Waals surface area contributed by atoms with Crippen molar-refractivity contribution in [2.75, 3.05) is 5.32 Å². The number of para-hydroxylation sites is 1. The number of ether oxygens (including phenoxy) is 1. The minimum Gasteiger partial charge on any atom is -0.438 e. The molecule has 0 aliphatic carbocycles. The summed E-state index contributed by atoms with van der Waals surface area (Å²) >= 11 is 0. The number of aryl methyl sites for hydroxylation is 1. The highest BCUT2D eigenvalue weighted by molar-refractivity contribution is 6.02. The van der Waals surface area contributed by atoms with Gasteiger partial charge < -0.3 is 10.1 Å². The molecule has 0 unspecified atom stereocenters. The lowest BCUT2D eigenvalue weighted by atomic mass is 10.3. The number of aromatic nitrogens is 7. The Labute approximate surface area is 188 Å². The van der Waals surface area contributed by atoms with Gasteiger partial charge in [-0.05, 0) is 49.4 Å². The highest BCUT2D eigenvalue weighted by Gasteiger charge is 2.12. The highest BCUT2D eigenvalue weighted by atomic mass is 16.5. The lowest BCUT2D eigenvalue weighted by molar-refractivity contribution is 0.102. The fourth-order valence-corrected chi connectivity index (χ4v) is 3.09. The number of amides is 1. The van der Waals surface area contributed by atoms with Crippen molar-refractivity contribution in [1.29, 1.82) is 0 Å². The number of imidazole rings is 1. The van der Waals surface area contributed by atoms with E-state index in [1.807, 2.05) is 48.0 Å². The van der Waals surface area contributed by atoms with Crippen LogP contribution in [0.4, 0.5) is 5.69 Å². The maximum atomic E-state index is 12.5. The number of nitrogens with zero attached hydrogens (tertiary/aromatic N) is 7. The first-order valence-corrected chi connectivity index (χ1v) is 10.1. The third-order valence-electron chi connectivity index (χ3n) is 4.74. The van der Waals surface area contributed by atoms with Gasteiger partial charge in [0, 0.05) is 24.1 Å². The van der Waals surface area contributed by atoms with Gasteiger partial charge in [0.1, 0.15) is 11.6 Å². The van der Waals surface area contributed by atoms with E-state index in [-0.39, 0.29) is 11.6 Å². The Kier molecular flexibility index (Phi) is 5.30. The number of anilines is 1. The second-order valence-corrected chi connectivity index (χ2v) is 7.01. The Balaban J connectivity index is 1.21. The van der Waals surface area contributed by atoms with Crippen molar-refractivity contribution >= 4 is 11.6 Å². The van der Waals surface area contributed by atoms with Gasteiger partial charge in [0.2, 0.25) is 5.88 Å². The number of nitrogens with one attached hydrogen (secondary N) is 1. The molecule has 5 aromatic rings. The molecule has 3 aromatic heterocycles. The molecule has 0 bridgehead atoms. The zero-order valence-electron chi connectivity index (χ0n) is 17.5. The van der Waals surface area contributed by atoms with Gasteiger partial charge in [-0.1, -0.05) is 18.2 Å². The number of rotatable bonds is 6. The van der Waals surface area contributed by atoms with Gasteiger partial charge >= 0.3 is 0 Å². The first-order chi connectivity index (χ1) is 16.2. The quantitative estimate of drug-likeness (QED) is 0.431. The van der Waals surface area contributed by atoms with Crippen LogP contribution < -0.4 is 10.1 Å².